The van der Waals surface area contributed by atoms with Crippen molar-refractivity contribution in [3.05, 3.63) is 47.4 Å². The van der Waals surface area contributed by atoms with E-state index < -0.39 is 0 Å². The number of anilines is 2. The van der Waals surface area contributed by atoms with Crippen molar-refractivity contribution in [1.29, 1.82) is 5.41 Å². The summed E-state index contributed by atoms with van der Waals surface area (Å²) in [6.07, 6.45) is 4.21. The van der Waals surface area contributed by atoms with E-state index in [1.54, 1.807) is 23.0 Å². The molecule has 27 heavy (non-hydrogen) atoms. The zero-order valence-electron chi connectivity index (χ0n) is 14.5. The van der Waals surface area contributed by atoms with E-state index in [2.05, 4.69) is 20.3 Å². The number of hydrogen-bond donors (Lipinski definition) is 5. The molecule has 10 heteroatoms. The minimum absolute atomic E-state index is 0.0128. The van der Waals surface area contributed by atoms with Crippen LogP contribution < -0.4 is 21.9 Å². The van der Waals surface area contributed by atoms with Gasteiger partial charge >= 0.3 is 0 Å². The molecule has 3 aromatic rings. The number of aliphatic hydroxyl groups excluding tert-OH is 1. The predicted octanol–water partition coefficient (Wildman–Crippen LogP) is 1.12. The number of rotatable bonds is 8. The van der Waals surface area contributed by atoms with Gasteiger partial charge in [-0.2, -0.15) is 0 Å². The van der Waals surface area contributed by atoms with E-state index in [1.165, 1.54) is 11.2 Å². The second-order valence-electron chi connectivity index (χ2n) is 5.67. The van der Waals surface area contributed by atoms with E-state index >= 15 is 0 Å². The monoisotopic (exact) mass is 384 g/mol. The van der Waals surface area contributed by atoms with E-state index in [1.807, 2.05) is 18.2 Å². The Bertz CT molecular complexity index is 970. The van der Waals surface area contributed by atoms with Crippen LogP contribution in [0.1, 0.15) is 11.3 Å². The van der Waals surface area contributed by atoms with E-state index in [0.29, 0.717) is 30.2 Å². The summed E-state index contributed by atoms with van der Waals surface area (Å²) in [5.74, 6) is 6.72. The van der Waals surface area contributed by atoms with Crippen molar-refractivity contribution in [2.45, 2.75) is 6.54 Å². The lowest BCUT2D eigenvalue weighted by Crippen LogP contribution is -2.32. The van der Waals surface area contributed by atoms with Crippen molar-refractivity contribution in [3.8, 4) is 0 Å². The molecule has 0 saturated heterocycles. The largest absolute Gasteiger partial charge is 0.395 e. The topological polar surface area (TPSA) is 150 Å². The minimum Gasteiger partial charge on any atom is -0.395 e. The molecule has 0 atom stereocenters. The van der Waals surface area contributed by atoms with Crippen molar-refractivity contribution >= 4 is 45.0 Å². The van der Waals surface area contributed by atoms with Gasteiger partial charge in [0.1, 0.15) is 0 Å². The predicted molar refractivity (Wildman–Crippen MR) is 108 cm³/mol. The Balaban J connectivity index is 1.83. The Morgan fingerprint density at radius 1 is 1.37 bits per heavy atom. The highest BCUT2D eigenvalue weighted by Gasteiger charge is 2.13. The first kappa shape index (κ1) is 18.7. The third-order valence-corrected chi connectivity index (χ3v) is 4.56. The number of aromatic nitrogens is 3. The highest BCUT2D eigenvalue weighted by Crippen LogP contribution is 2.23. The van der Waals surface area contributed by atoms with Crippen LogP contribution in [0.3, 0.4) is 0 Å². The number of fused-ring (bicyclic) bond motifs is 1. The van der Waals surface area contributed by atoms with Gasteiger partial charge < -0.3 is 21.6 Å². The second kappa shape index (κ2) is 8.54. The maximum atomic E-state index is 8.85. The Labute approximate surface area is 159 Å². The molecule has 0 aliphatic carbocycles. The highest BCUT2D eigenvalue weighted by atomic mass is 32.1. The molecule has 0 aliphatic heterocycles. The van der Waals surface area contributed by atoms with Gasteiger partial charge in [0, 0.05) is 24.5 Å². The molecule has 140 valence electrons. The normalized spacial score (nSPS) is 11.6. The second-order valence-corrected chi connectivity index (χ2v) is 6.55. The quantitative estimate of drug-likeness (QED) is 0.168. The number of nitrogens with zero attached hydrogens (tertiary/aromatic N) is 4. The summed E-state index contributed by atoms with van der Waals surface area (Å²) in [7, 11) is 0. The zero-order chi connectivity index (χ0) is 19.2. The molecule has 1 aromatic carbocycles. The zero-order valence-corrected chi connectivity index (χ0v) is 15.3. The molecule has 2 aromatic heterocycles. The molecular weight excluding hydrogens is 364 g/mol. The number of allylic oxidation sites excluding steroid dienone is 1. The summed E-state index contributed by atoms with van der Waals surface area (Å²) >= 11 is 1.57. The number of aliphatic hydroxyl groups is 1. The molecule has 0 saturated carbocycles. The fourth-order valence-electron chi connectivity index (χ4n) is 2.44. The molecule has 0 bridgehead atoms. The first-order valence-corrected chi connectivity index (χ1v) is 9.02. The fraction of sp³-hybridized carbons (Fsp3) is 0.176. The van der Waals surface area contributed by atoms with Crippen LogP contribution in [-0.2, 0) is 6.54 Å². The van der Waals surface area contributed by atoms with Gasteiger partial charge in [0.05, 0.1) is 40.8 Å². The number of hydrazine groups is 1. The molecule has 2 heterocycles. The van der Waals surface area contributed by atoms with E-state index in [-0.39, 0.29) is 12.4 Å². The third kappa shape index (κ3) is 4.37. The summed E-state index contributed by atoms with van der Waals surface area (Å²) in [4.78, 5) is 12.9. The van der Waals surface area contributed by atoms with E-state index in [4.69, 9.17) is 22.1 Å². The Hall–Kier alpha value is -3.08. The number of nitrogens with two attached hydrogens (primary N) is 2. The molecule has 0 unspecified atom stereocenters. The highest BCUT2D eigenvalue weighted by molar-refractivity contribution is 7.16. The Kier molecular flexibility index (Phi) is 5.91. The van der Waals surface area contributed by atoms with Gasteiger partial charge in [0.15, 0.2) is 11.6 Å². The number of nitrogens with one attached hydrogen (secondary N) is 2. The molecule has 0 fully saturated rings. The van der Waals surface area contributed by atoms with Crippen LogP contribution in [0.4, 0.5) is 11.6 Å². The van der Waals surface area contributed by atoms with Crippen LogP contribution in [0.5, 0.6) is 0 Å². The third-order valence-electron chi connectivity index (χ3n) is 3.77. The lowest BCUT2D eigenvalue weighted by Gasteiger charge is -2.19. The number of nitrogen functional groups attached to an aromatic ring is 1. The standard InChI is InChI=1S/C17H20N8OS/c18-6-12(7-21-3-4-26)14-8-22-16(19)17(24-14)25(20)9-11-1-2-13-15(5-11)27-10-23-13/h1-2,5-8,10,18,21,26H,3-4,9,20H2,(H2,19,22)/b12-7+,18-6?. The molecule has 0 spiro atoms. The molecule has 0 aliphatic rings. The molecule has 3 rings (SSSR count). The van der Waals surface area contributed by atoms with Crippen LogP contribution in [0.25, 0.3) is 15.8 Å². The van der Waals surface area contributed by atoms with Crippen molar-refractivity contribution in [2.24, 2.45) is 5.84 Å². The van der Waals surface area contributed by atoms with Gasteiger partial charge in [-0.25, -0.2) is 20.8 Å². The van der Waals surface area contributed by atoms with Crippen molar-refractivity contribution in [1.82, 2.24) is 20.3 Å². The molecule has 0 amide bonds. The van der Waals surface area contributed by atoms with E-state index in [0.717, 1.165) is 22.0 Å². The SMILES string of the molecule is N=C/C(=C\NCCO)c1cnc(N)c(N(N)Cc2ccc3ncsc3c2)n1. The van der Waals surface area contributed by atoms with Gasteiger partial charge in [0.2, 0.25) is 0 Å². The molecular formula is C17H20N8OS. The summed E-state index contributed by atoms with van der Waals surface area (Å²) in [5.41, 5.74) is 10.6. The average molecular weight is 384 g/mol. The smallest absolute Gasteiger partial charge is 0.186 e. The van der Waals surface area contributed by atoms with Crippen molar-refractivity contribution in [2.75, 3.05) is 23.9 Å². The van der Waals surface area contributed by atoms with Gasteiger partial charge in [-0.3, -0.25) is 5.01 Å². The van der Waals surface area contributed by atoms with Gasteiger partial charge in [-0.15, -0.1) is 11.3 Å². The Morgan fingerprint density at radius 2 is 2.22 bits per heavy atom. The maximum absolute atomic E-state index is 8.85. The Morgan fingerprint density at radius 3 is 3.00 bits per heavy atom. The fourth-order valence-corrected chi connectivity index (χ4v) is 3.19. The maximum Gasteiger partial charge on any atom is 0.186 e. The lowest BCUT2D eigenvalue weighted by molar-refractivity contribution is 0.298. The van der Waals surface area contributed by atoms with Crippen LogP contribution in [0.2, 0.25) is 0 Å². The summed E-state index contributed by atoms with van der Waals surface area (Å²) in [6, 6.07) is 5.93. The molecule has 7 N–H and O–H groups in total. The number of thiazole rings is 1. The molecule has 9 nitrogen and oxygen atoms in total. The summed E-state index contributed by atoms with van der Waals surface area (Å²) in [5, 5.41) is 20.7. The van der Waals surface area contributed by atoms with Crippen LogP contribution >= 0.6 is 11.3 Å². The summed E-state index contributed by atoms with van der Waals surface area (Å²) in [6.45, 7) is 0.749. The number of hydrogen-bond acceptors (Lipinski definition) is 10. The first-order chi connectivity index (χ1) is 13.1. The van der Waals surface area contributed by atoms with E-state index in [9.17, 15) is 0 Å². The van der Waals surface area contributed by atoms with Gasteiger partial charge in [-0.05, 0) is 17.7 Å². The average Bonchev–Trinajstić information content (AvgIpc) is 3.14. The number of benzene rings is 1. The van der Waals surface area contributed by atoms with Crippen LogP contribution in [-0.4, -0.2) is 39.4 Å². The van der Waals surface area contributed by atoms with Gasteiger partial charge in [0.25, 0.3) is 0 Å². The van der Waals surface area contributed by atoms with Crippen molar-refractivity contribution in [3.63, 3.8) is 0 Å². The lowest BCUT2D eigenvalue weighted by atomic mass is 10.2. The minimum atomic E-state index is -0.0128. The summed E-state index contributed by atoms with van der Waals surface area (Å²) < 4.78 is 1.08. The molecule has 0 radical (unpaired) electrons. The van der Waals surface area contributed by atoms with Gasteiger partial charge in [-0.1, -0.05) is 6.07 Å². The van der Waals surface area contributed by atoms with Crippen LogP contribution in [0, 0.1) is 5.41 Å². The van der Waals surface area contributed by atoms with Crippen LogP contribution in [0.15, 0.2) is 36.1 Å². The van der Waals surface area contributed by atoms with Crippen molar-refractivity contribution < 1.29 is 5.11 Å². The first-order valence-electron chi connectivity index (χ1n) is 8.14.